The van der Waals surface area contributed by atoms with Crippen molar-refractivity contribution in [1.82, 2.24) is 10.0 Å². The molecule has 0 radical (unpaired) electrons. The number of hydrogen-bond acceptors (Lipinski definition) is 6. The molecule has 0 aliphatic heterocycles. The molecule has 3 rings (SSSR count). The normalized spacial score (nSPS) is 14.3. The van der Waals surface area contributed by atoms with E-state index in [4.69, 9.17) is 16.3 Å². The van der Waals surface area contributed by atoms with E-state index in [1.54, 1.807) is 18.2 Å². The standard InChI is InChI=1S/C21H22ClN3O6S/c1-13(25-32(29,30)18-9-5-15(22)6-10-18)21(28)31-12-19(26)23-17-4-2-3-14(11-17)20(27)24-16-7-8-16/h2-6,9-11,13,16,25H,7-8,12H2,1H3,(H,23,26)(H,24,27)/t13-/m0/s1. The van der Waals surface area contributed by atoms with Gasteiger partial charge in [0.25, 0.3) is 11.8 Å². The van der Waals surface area contributed by atoms with Crippen LogP contribution in [0.4, 0.5) is 5.69 Å². The fourth-order valence-electron chi connectivity index (χ4n) is 2.66. The molecule has 2 aromatic rings. The van der Waals surface area contributed by atoms with Gasteiger partial charge in [0.2, 0.25) is 10.0 Å². The second-order valence-corrected chi connectivity index (χ2v) is 9.43. The third kappa shape index (κ3) is 6.78. The summed E-state index contributed by atoms with van der Waals surface area (Å²) in [5, 5.41) is 5.76. The largest absolute Gasteiger partial charge is 0.454 e. The molecule has 0 spiro atoms. The van der Waals surface area contributed by atoms with Crippen LogP contribution in [0.25, 0.3) is 0 Å². The van der Waals surface area contributed by atoms with Crippen LogP contribution < -0.4 is 15.4 Å². The summed E-state index contributed by atoms with van der Waals surface area (Å²) >= 11 is 5.75. The molecule has 1 atom stereocenters. The minimum atomic E-state index is -3.97. The van der Waals surface area contributed by atoms with Gasteiger partial charge in [-0.15, -0.1) is 0 Å². The number of esters is 1. The van der Waals surface area contributed by atoms with Crippen molar-refractivity contribution in [2.75, 3.05) is 11.9 Å². The highest BCUT2D eigenvalue weighted by molar-refractivity contribution is 7.89. The highest BCUT2D eigenvalue weighted by atomic mass is 35.5. The second kappa shape index (κ2) is 10.1. The molecular formula is C21H22ClN3O6S. The van der Waals surface area contributed by atoms with Crippen LogP contribution in [0.2, 0.25) is 5.02 Å². The highest BCUT2D eigenvalue weighted by Gasteiger charge is 2.25. The Morgan fingerprint density at radius 1 is 1.12 bits per heavy atom. The van der Waals surface area contributed by atoms with Crippen molar-refractivity contribution >= 4 is 45.1 Å². The molecule has 11 heteroatoms. The van der Waals surface area contributed by atoms with Crippen molar-refractivity contribution in [3.63, 3.8) is 0 Å². The van der Waals surface area contributed by atoms with E-state index in [0.29, 0.717) is 16.3 Å². The van der Waals surface area contributed by atoms with Crippen molar-refractivity contribution in [2.45, 2.75) is 36.7 Å². The zero-order valence-electron chi connectivity index (χ0n) is 17.1. The van der Waals surface area contributed by atoms with Gasteiger partial charge >= 0.3 is 5.97 Å². The average molecular weight is 480 g/mol. The number of hydrogen-bond donors (Lipinski definition) is 3. The van der Waals surface area contributed by atoms with Crippen LogP contribution in [-0.2, 0) is 24.3 Å². The van der Waals surface area contributed by atoms with E-state index in [9.17, 15) is 22.8 Å². The Hall–Kier alpha value is -2.95. The fourth-order valence-corrected chi connectivity index (χ4v) is 3.97. The summed E-state index contributed by atoms with van der Waals surface area (Å²) < 4.78 is 31.7. The topological polar surface area (TPSA) is 131 Å². The van der Waals surface area contributed by atoms with Crippen molar-refractivity contribution in [1.29, 1.82) is 0 Å². The van der Waals surface area contributed by atoms with Crippen molar-refractivity contribution in [3.05, 3.63) is 59.1 Å². The number of amides is 2. The van der Waals surface area contributed by atoms with Crippen LogP contribution in [0.3, 0.4) is 0 Å². The van der Waals surface area contributed by atoms with E-state index in [-0.39, 0.29) is 16.8 Å². The lowest BCUT2D eigenvalue weighted by Gasteiger charge is -2.14. The Kier molecular flexibility index (Phi) is 7.49. The van der Waals surface area contributed by atoms with Crippen LogP contribution in [0, 0.1) is 0 Å². The van der Waals surface area contributed by atoms with E-state index in [1.807, 2.05) is 0 Å². The SMILES string of the molecule is C[C@H](NS(=O)(=O)c1ccc(Cl)cc1)C(=O)OCC(=O)Nc1cccc(C(=O)NC2CC2)c1. The lowest BCUT2D eigenvalue weighted by molar-refractivity contribution is -0.148. The number of nitrogens with one attached hydrogen (secondary N) is 3. The molecule has 1 aliphatic rings. The number of ether oxygens (including phenoxy) is 1. The number of carbonyl (C=O) groups is 3. The number of halogens is 1. The summed E-state index contributed by atoms with van der Waals surface area (Å²) in [6.07, 6.45) is 1.92. The van der Waals surface area contributed by atoms with Gasteiger partial charge in [-0.2, -0.15) is 4.72 Å². The van der Waals surface area contributed by atoms with Gasteiger partial charge in [-0.05, 0) is 62.2 Å². The lowest BCUT2D eigenvalue weighted by atomic mass is 10.2. The summed E-state index contributed by atoms with van der Waals surface area (Å²) in [6, 6.07) is 10.8. The Labute approximate surface area is 190 Å². The third-order valence-corrected chi connectivity index (χ3v) is 6.28. The molecule has 0 bridgehead atoms. The minimum Gasteiger partial charge on any atom is -0.454 e. The van der Waals surface area contributed by atoms with Crippen molar-refractivity contribution in [2.24, 2.45) is 0 Å². The average Bonchev–Trinajstić information content (AvgIpc) is 3.56. The molecule has 0 heterocycles. The van der Waals surface area contributed by atoms with Crippen LogP contribution in [0.5, 0.6) is 0 Å². The van der Waals surface area contributed by atoms with Crippen LogP contribution >= 0.6 is 11.6 Å². The molecule has 1 saturated carbocycles. The van der Waals surface area contributed by atoms with E-state index in [1.165, 1.54) is 37.3 Å². The zero-order valence-corrected chi connectivity index (χ0v) is 18.7. The van der Waals surface area contributed by atoms with Gasteiger partial charge in [0.1, 0.15) is 6.04 Å². The molecule has 170 valence electrons. The number of benzene rings is 2. The van der Waals surface area contributed by atoms with Gasteiger partial charge in [-0.3, -0.25) is 14.4 Å². The van der Waals surface area contributed by atoms with E-state index in [0.717, 1.165) is 12.8 Å². The lowest BCUT2D eigenvalue weighted by Crippen LogP contribution is -2.40. The quantitative estimate of drug-likeness (QED) is 0.472. The van der Waals surface area contributed by atoms with Gasteiger partial charge in [-0.1, -0.05) is 17.7 Å². The molecule has 3 N–H and O–H groups in total. The Bertz CT molecular complexity index is 1120. The first kappa shape index (κ1) is 23.7. The predicted octanol–water partition coefficient (Wildman–Crippen LogP) is 2.08. The summed E-state index contributed by atoms with van der Waals surface area (Å²) in [4.78, 5) is 36.3. The molecule has 0 saturated heterocycles. The number of rotatable bonds is 9. The van der Waals surface area contributed by atoms with E-state index in [2.05, 4.69) is 15.4 Å². The van der Waals surface area contributed by atoms with Gasteiger partial charge < -0.3 is 15.4 Å². The van der Waals surface area contributed by atoms with E-state index >= 15 is 0 Å². The first-order valence-electron chi connectivity index (χ1n) is 9.79. The summed E-state index contributed by atoms with van der Waals surface area (Å²) in [5.41, 5.74) is 0.767. The van der Waals surface area contributed by atoms with Crippen LogP contribution in [0.1, 0.15) is 30.1 Å². The first-order chi connectivity index (χ1) is 15.1. The van der Waals surface area contributed by atoms with Crippen molar-refractivity contribution < 1.29 is 27.5 Å². The van der Waals surface area contributed by atoms with Gasteiger partial charge in [-0.25, -0.2) is 8.42 Å². The van der Waals surface area contributed by atoms with Crippen LogP contribution in [-0.4, -0.2) is 44.9 Å². The molecule has 2 amide bonds. The Balaban J connectivity index is 1.49. The molecule has 2 aromatic carbocycles. The Morgan fingerprint density at radius 2 is 1.81 bits per heavy atom. The zero-order chi connectivity index (χ0) is 23.3. The molecule has 32 heavy (non-hydrogen) atoms. The number of sulfonamides is 1. The molecular weight excluding hydrogens is 458 g/mol. The number of carbonyl (C=O) groups excluding carboxylic acids is 3. The fraction of sp³-hybridized carbons (Fsp3) is 0.286. The molecule has 1 aliphatic carbocycles. The molecule has 9 nitrogen and oxygen atoms in total. The maximum Gasteiger partial charge on any atom is 0.324 e. The second-order valence-electron chi connectivity index (χ2n) is 7.28. The summed E-state index contributed by atoms with van der Waals surface area (Å²) in [6.45, 7) is 0.681. The first-order valence-corrected chi connectivity index (χ1v) is 11.7. The molecule has 0 unspecified atom stereocenters. The van der Waals surface area contributed by atoms with E-state index < -0.39 is 34.5 Å². The third-order valence-electron chi connectivity index (χ3n) is 4.48. The van der Waals surface area contributed by atoms with Gasteiger partial charge in [0, 0.05) is 22.3 Å². The van der Waals surface area contributed by atoms with Gasteiger partial charge in [0.15, 0.2) is 6.61 Å². The maximum absolute atomic E-state index is 12.3. The maximum atomic E-state index is 12.3. The van der Waals surface area contributed by atoms with Crippen molar-refractivity contribution in [3.8, 4) is 0 Å². The highest BCUT2D eigenvalue weighted by Crippen LogP contribution is 2.20. The minimum absolute atomic E-state index is 0.0649. The summed E-state index contributed by atoms with van der Waals surface area (Å²) in [7, 11) is -3.97. The number of anilines is 1. The summed E-state index contributed by atoms with van der Waals surface area (Å²) in [5.74, 6) is -1.78. The Morgan fingerprint density at radius 3 is 2.47 bits per heavy atom. The molecule has 0 aromatic heterocycles. The predicted molar refractivity (Wildman–Crippen MR) is 118 cm³/mol. The van der Waals surface area contributed by atoms with Crippen LogP contribution in [0.15, 0.2) is 53.4 Å². The van der Waals surface area contributed by atoms with Gasteiger partial charge in [0.05, 0.1) is 4.90 Å². The molecule has 1 fully saturated rings. The monoisotopic (exact) mass is 479 g/mol. The smallest absolute Gasteiger partial charge is 0.324 e.